The fourth-order valence-electron chi connectivity index (χ4n) is 2.76. The standard InChI is InChI=1S/C17H22N4O2S/c1-14(2)24(22,23)21-10-8-20(9-11-21)17-12-16(18-13-19-17)15-6-4-3-5-7-15/h3-7,12-14H,8-11H2,1-2H3. The second-order valence-electron chi connectivity index (χ2n) is 6.11. The van der Waals surface area contributed by atoms with Gasteiger partial charge in [-0.15, -0.1) is 0 Å². The zero-order chi connectivity index (χ0) is 17.2. The predicted molar refractivity (Wildman–Crippen MR) is 95.3 cm³/mol. The molecule has 24 heavy (non-hydrogen) atoms. The fraction of sp³-hybridized carbons (Fsp3) is 0.412. The van der Waals surface area contributed by atoms with Gasteiger partial charge in [0, 0.05) is 37.8 Å². The summed E-state index contributed by atoms with van der Waals surface area (Å²) >= 11 is 0. The smallest absolute Gasteiger partial charge is 0.216 e. The van der Waals surface area contributed by atoms with E-state index in [2.05, 4.69) is 14.9 Å². The van der Waals surface area contributed by atoms with E-state index >= 15 is 0 Å². The number of rotatable bonds is 4. The third kappa shape index (κ3) is 3.42. The van der Waals surface area contributed by atoms with Crippen molar-refractivity contribution in [2.45, 2.75) is 19.1 Å². The molecule has 1 aromatic heterocycles. The van der Waals surface area contributed by atoms with E-state index in [4.69, 9.17) is 0 Å². The highest BCUT2D eigenvalue weighted by Crippen LogP contribution is 2.22. The highest BCUT2D eigenvalue weighted by Gasteiger charge is 2.29. The van der Waals surface area contributed by atoms with Crippen LogP contribution in [0.5, 0.6) is 0 Å². The van der Waals surface area contributed by atoms with Gasteiger partial charge in [0.25, 0.3) is 0 Å². The van der Waals surface area contributed by atoms with Crippen LogP contribution in [0.25, 0.3) is 11.3 Å². The first-order valence-corrected chi connectivity index (χ1v) is 9.60. The summed E-state index contributed by atoms with van der Waals surface area (Å²) in [7, 11) is -3.18. The maximum atomic E-state index is 12.2. The van der Waals surface area contributed by atoms with Gasteiger partial charge in [-0.25, -0.2) is 18.4 Å². The molecule has 6 nitrogen and oxygen atoms in total. The average molecular weight is 346 g/mol. The number of hydrogen-bond donors (Lipinski definition) is 0. The van der Waals surface area contributed by atoms with Crippen LogP contribution in [0.3, 0.4) is 0 Å². The number of benzene rings is 1. The molecule has 7 heteroatoms. The Kier molecular flexibility index (Phi) is 4.82. The van der Waals surface area contributed by atoms with Crippen LogP contribution in [0, 0.1) is 0 Å². The Morgan fingerprint density at radius 1 is 1.00 bits per heavy atom. The molecule has 1 saturated heterocycles. The number of nitrogens with zero attached hydrogens (tertiary/aromatic N) is 4. The first kappa shape index (κ1) is 16.9. The molecule has 0 spiro atoms. The Hall–Kier alpha value is -1.99. The van der Waals surface area contributed by atoms with Gasteiger partial charge in [0.1, 0.15) is 12.1 Å². The molecule has 0 bridgehead atoms. The molecular weight excluding hydrogens is 324 g/mol. The van der Waals surface area contributed by atoms with E-state index in [1.54, 1.807) is 24.5 Å². The van der Waals surface area contributed by atoms with Crippen molar-refractivity contribution in [1.82, 2.24) is 14.3 Å². The lowest BCUT2D eigenvalue weighted by Crippen LogP contribution is -2.50. The van der Waals surface area contributed by atoms with Gasteiger partial charge in [-0.2, -0.15) is 4.31 Å². The van der Waals surface area contributed by atoms with Gasteiger partial charge in [-0.1, -0.05) is 30.3 Å². The zero-order valence-electron chi connectivity index (χ0n) is 14.0. The Balaban J connectivity index is 1.74. The predicted octanol–water partition coefficient (Wildman–Crippen LogP) is 2.00. The lowest BCUT2D eigenvalue weighted by Gasteiger charge is -2.35. The minimum Gasteiger partial charge on any atom is -0.354 e. The molecule has 128 valence electrons. The highest BCUT2D eigenvalue weighted by atomic mass is 32.2. The molecule has 3 rings (SSSR count). The molecule has 1 fully saturated rings. The minimum absolute atomic E-state index is 0.382. The number of piperazine rings is 1. The van der Waals surface area contributed by atoms with Crippen LogP contribution in [0.2, 0.25) is 0 Å². The molecule has 1 aromatic carbocycles. The van der Waals surface area contributed by atoms with E-state index in [9.17, 15) is 8.42 Å². The van der Waals surface area contributed by atoms with E-state index in [1.807, 2.05) is 36.4 Å². The summed E-state index contributed by atoms with van der Waals surface area (Å²) in [6, 6.07) is 11.9. The van der Waals surface area contributed by atoms with Gasteiger partial charge in [0.05, 0.1) is 10.9 Å². The van der Waals surface area contributed by atoms with Gasteiger partial charge >= 0.3 is 0 Å². The summed E-state index contributed by atoms with van der Waals surface area (Å²) in [5, 5.41) is -0.382. The second-order valence-corrected chi connectivity index (χ2v) is 8.60. The van der Waals surface area contributed by atoms with Crippen molar-refractivity contribution in [3.05, 3.63) is 42.7 Å². The molecule has 0 amide bonds. The summed E-state index contributed by atoms with van der Waals surface area (Å²) in [6.45, 7) is 5.70. The minimum atomic E-state index is -3.18. The zero-order valence-corrected chi connectivity index (χ0v) is 14.8. The molecule has 1 aliphatic rings. The Morgan fingerprint density at radius 2 is 1.67 bits per heavy atom. The van der Waals surface area contributed by atoms with E-state index in [0.29, 0.717) is 26.2 Å². The fourth-order valence-corrected chi connectivity index (χ4v) is 4.03. The number of hydrogen-bond acceptors (Lipinski definition) is 5. The number of sulfonamides is 1. The van der Waals surface area contributed by atoms with Crippen molar-refractivity contribution in [3.63, 3.8) is 0 Å². The third-order valence-corrected chi connectivity index (χ3v) is 6.52. The summed E-state index contributed by atoms with van der Waals surface area (Å²) in [5.41, 5.74) is 1.92. The maximum absolute atomic E-state index is 12.2. The molecule has 0 N–H and O–H groups in total. The Morgan fingerprint density at radius 3 is 2.29 bits per heavy atom. The molecule has 1 aliphatic heterocycles. The van der Waals surface area contributed by atoms with E-state index < -0.39 is 10.0 Å². The third-order valence-electron chi connectivity index (χ3n) is 4.24. The average Bonchev–Trinajstić information content (AvgIpc) is 2.62. The Labute approximate surface area is 143 Å². The van der Waals surface area contributed by atoms with Crippen LogP contribution in [0.15, 0.2) is 42.7 Å². The largest absolute Gasteiger partial charge is 0.354 e. The van der Waals surface area contributed by atoms with Crippen molar-refractivity contribution in [2.75, 3.05) is 31.1 Å². The van der Waals surface area contributed by atoms with Crippen molar-refractivity contribution >= 4 is 15.8 Å². The van der Waals surface area contributed by atoms with Crippen LogP contribution < -0.4 is 4.90 Å². The summed E-state index contributed by atoms with van der Waals surface area (Å²) < 4.78 is 26.1. The summed E-state index contributed by atoms with van der Waals surface area (Å²) in [4.78, 5) is 10.8. The van der Waals surface area contributed by atoms with Crippen molar-refractivity contribution < 1.29 is 8.42 Å². The second kappa shape index (κ2) is 6.86. The van der Waals surface area contributed by atoms with E-state index in [1.165, 1.54) is 0 Å². The maximum Gasteiger partial charge on any atom is 0.216 e. The molecule has 0 unspecified atom stereocenters. The van der Waals surface area contributed by atoms with Gasteiger partial charge in [-0.05, 0) is 13.8 Å². The van der Waals surface area contributed by atoms with Crippen LogP contribution in [-0.2, 0) is 10.0 Å². The SMILES string of the molecule is CC(C)S(=O)(=O)N1CCN(c2cc(-c3ccccc3)ncn2)CC1. The van der Waals surface area contributed by atoms with Gasteiger partial charge in [0.15, 0.2) is 0 Å². The van der Waals surface area contributed by atoms with E-state index in [0.717, 1.165) is 17.1 Å². The van der Waals surface area contributed by atoms with Crippen LogP contribution in [0.4, 0.5) is 5.82 Å². The summed E-state index contributed by atoms with van der Waals surface area (Å²) in [6.07, 6.45) is 1.56. The van der Waals surface area contributed by atoms with Crippen LogP contribution in [0.1, 0.15) is 13.8 Å². The number of aromatic nitrogens is 2. The van der Waals surface area contributed by atoms with Crippen molar-refractivity contribution in [3.8, 4) is 11.3 Å². The van der Waals surface area contributed by atoms with Crippen LogP contribution >= 0.6 is 0 Å². The molecule has 0 aliphatic carbocycles. The first-order valence-electron chi connectivity index (χ1n) is 8.10. The Bertz CT molecular complexity index is 785. The summed E-state index contributed by atoms with van der Waals surface area (Å²) in [5.74, 6) is 0.838. The molecule has 2 heterocycles. The van der Waals surface area contributed by atoms with E-state index in [-0.39, 0.29) is 5.25 Å². The molecular formula is C17H22N4O2S. The normalized spacial score (nSPS) is 16.5. The van der Waals surface area contributed by atoms with Gasteiger partial charge in [0.2, 0.25) is 10.0 Å². The van der Waals surface area contributed by atoms with Crippen LogP contribution in [-0.4, -0.2) is 54.1 Å². The monoisotopic (exact) mass is 346 g/mol. The molecule has 2 aromatic rings. The van der Waals surface area contributed by atoms with Crippen molar-refractivity contribution in [2.24, 2.45) is 0 Å². The topological polar surface area (TPSA) is 66.4 Å². The lowest BCUT2D eigenvalue weighted by atomic mass is 10.1. The lowest BCUT2D eigenvalue weighted by molar-refractivity contribution is 0.380. The molecule has 0 radical (unpaired) electrons. The quantitative estimate of drug-likeness (QED) is 0.847. The van der Waals surface area contributed by atoms with Gasteiger partial charge < -0.3 is 4.90 Å². The molecule has 0 saturated carbocycles. The number of anilines is 1. The first-order chi connectivity index (χ1) is 11.5. The van der Waals surface area contributed by atoms with Crippen molar-refractivity contribution in [1.29, 1.82) is 0 Å². The van der Waals surface area contributed by atoms with Gasteiger partial charge in [-0.3, -0.25) is 0 Å². The highest BCUT2D eigenvalue weighted by molar-refractivity contribution is 7.89. The molecule has 0 atom stereocenters.